The summed E-state index contributed by atoms with van der Waals surface area (Å²) in [6.45, 7) is 0. The predicted octanol–water partition coefficient (Wildman–Crippen LogP) is 3.84. The van der Waals surface area contributed by atoms with Gasteiger partial charge in [0.2, 0.25) is 0 Å². The van der Waals surface area contributed by atoms with Crippen molar-refractivity contribution in [2.24, 2.45) is 7.05 Å². The Morgan fingerprint density at radius 3 is 2.70 bits per heavy atom. The van der Waals surface area contributed by atoms with E-state index in [2.05, 4.69) is 15.5 Å². The van der Waals surface area contributed by atoms with Gasteiger partial charge in [-0.2, -0.15) is 14.9 Å². The van der Waals surface area contributed by atoms with Crippen LogP contribution in [0, 0.1) is 5.82 Å². The molecular formula is C24H19ClFN5O2. The standard InChI is InChI=1S/C24H19ClFN5O2/c1-30-13-18(12-27-30)31-24(33)20(11-22(29-31)15-2-6-16(25)7-3-15)23(32)28-21-9-5-14-4-8-17(26)10-19(14)21/h2-4,6-8,10-13,21H,5,9H2,1H3,(H,28,32). The van der Waals surface area contributed by atoms with E-state index >= 15 is 0 Å². The van der Waals surface area contributed by atoms with Gasteiger partial charge in [0, 0.05) is 17.6 Å². The molecule has 0 saturated carbocycles. The van der Waals surface area contributed by atoms with E-state index in [1.54, 1.807) is 48.3 Å². The molecule has 7 nitrogen and oxygen atoms in total. The number of hydrogen-bond donors (Lipinski definition) is 1. The van der Waals surface area contributed by atoms with Crippen LogP contribution in [0.2, 0.25) is 5.02 Å². The summed E-state index contributed by atoms with van der Waals surface area (Å²) in [7, 11) is 1.72. The lowest BCUT2D eigenvalue weighted by Crippen LogP contribution is -2.35. The Bertz CT molecular complexity index is 1430. The number of nitrogens with one attached hydrogen (secondary N) is 1. The van der Waals surface area contributed by atoms with Gasteiger partial charge in [0.25, 0.3) is 11.5 Å². The van der Waals surface area contributed by atoms with E-state index in [9.17, 15) is 14.0 Å². The quantitative estimate of drug-likeness (QED) is 0.498. The highest BCUT2D eigenvalue weighted by Crippen LogP contribution is 2.32. The minimum Gasteiger partial charge on any atom is -0.345 e. The Labute approximate surface area is 193 Å². The van der Waals surface area contributed by atoms with Crippen LogP contribution >= 0.6 is 11.6 Å². The van der Waals surface area contributed by atoms with Gasteiger partial charge in [-0.3, -0.25) is 14.3 Å². The second kappa shape index (κ2) is 8.29. The number of benzene rings is 2. The molecule has 9 heteroatoms. The summed E-state index contributed by atoms with van der Waals surface area (Å²) in [5.74, 6) is -0.903. The first kappa shape index (κ1) is 21.1. The molecule has 1 amide bonds. The molecule has 0 radical (unpaired) electrons. The Morgan fingerprint density at radius 2 is 1.97 bits per heavy atom. The van der Waals surface area contributed by atoms with Crippen LogP contribution in [-0.2, 0) is 13.5 Å². The monoisotopic (exact) mass is 463 g/mol. The van der Waals surface area contributed by atoms with Crippen molar-refractivity contribution >= 4 is 17.5 Å². The summed E-state index contributed by atoms with van der Waals surface area (Å²) < 4.78 is 16.5. The number of nitrogens with zero attached hydrogens (tertiary/aromatic N) is 4. The highest BCUT2D eigenvalue weighted by molar-refractivity contribution is 6.30. The van der Waals surface area contributed by atoms with Gasteiger partial charge in [0.1, 0.15) is 17.1 Å². The van der Waals surface area contributed by atoms with Crippen molar-refractivity contribution in [1.29, 1.82) is 0 Å². The van der Waals surface area contributed by atoms with Crippen molar-refractivity contribution in [2.45, 2.75) is 18.9 Å². The second-order valence-electron chi connectivity index (χ2n) is 7.95. The molecule has 1 unspecified atom stereocenters. The molecule has 5 rings (SSSR count). The van der Waals surface area contributed by atoms with E-state index in [0.717, 1.165) is 22.2 Å². The zero-order valence-electron chi connectivity index (χ0n) is 17.6. The maximum absolute atomic E-state index is 13.8. The summed E-state index contributed by atoms with van der Waals surface area (Å²) >= 11 is 6.01. The van der Waals surface area contributed by atoms with E-state index in [-0.39, 0.29) is 17.4 Å². The maximum Gasteiger partial charge on any atom is 0.284 e. The molecule has 2 aromatic carbocycles. The van der Waals surface area contributed by atoms with Gasteiger partial charge >= 0.3 is 0 Å². The van der Waals surface area contributed by atoms with Crippen LogP contribution in [-0.4, -0.2) is 25.5 Å². The van der Waals surface area contributed by atoms with Gasteiger partial charge in [0.05, 0.1) is 24.1 Å². The smallest absolute Gasteiger partial charge is 0.284 e. The molecule has 2 heterocycles. The molecule has 33 heavy (non-hydrogen) atoms. The first-order chi connectivity index (χ1) is 15.9. The third-order valence-electron chi connectivity index (χ3n) is 5.72. The first-order valence-corrected chi connectivity index (χ1v) is 10.8. The van der Waals surface area contributed by atoms with Gasteiger partial charge in [-0.05, 0) is 54.3 Å². The maximum atomic E-state index is 13.8. The van der Waals surface area contributed by atoms with E-state index in [0.29, 0.717) is 28.4 Å². The Morgan fingerprint density at radius 1 is 1.18 bits per heavy atom. The summed E-state index contributed by atoms with van der Waals surface area (Å²) in [4.78, 5) is 26.5. The Hall–Kier alpha value is -3.78. The van der Waals surface area contributed by atoms with Crippen molar-refractivity contribution in [2.75, 3.05) is 0 Å². The van der Waals surface area contributed by atoms with Crippen LogP contribution in [0.5, 0.6) is 0 Å². The Kier molecular flexibility index (Phi) is 5.30. The lowest BCUT2D eigenvalue weighted by Gasteiger charge is -2.15. The molecule has 0 aliphatic heterocycles. The highest BCUT2D eigenvalue weighted by Gasteiger charge is 2.27. The lowest BCUT2D eigenvalue weighted by molar-refractivity contribution is 0.0934. The minimum absolute atomic E-state index is 0.0661. The average molecular weight is 464 g/mol. The number of rotatable bonds is 4. The van der Waals surface area contributed by atoms with Crippen molar-refractivity contribution in [1.82, 2.24) is 24.9 Å². The number of halogens is 2. The van der Waals surface area contributed by atoms with Gasteiger partial charge in [-0.15, -0.1) is 0 Å². The number of hydrogen-bond acceptors (Lipinski definition) is 4. The predicted molar refractivity (Wildman–Crippen MR) is 122 cm³/mol. The van der Waals surface area contributed by atoms with Crippen LogP contribution in [0.3, 0.4) is 0 Å². The summed E-state index contributed by atoms with van der Waals surface area (Å²) in [6.07, 6.45) is 4.50. The fourth-order valence-electron chi connectivity index (χ4n) is 4.07. The molecule has 1 atom stereocenters. The van der Waals surface area contributed by atoms with Crippen LogP contribution in [0.25, 0.3) is 16.9 Å². The van der Waals surface area contributed by atoms with Gasteiger partial charge < -0.3 is 5.32 Å². The molecule has 166 valence electrons. The number of carbonyl (C=O) groups excluding carboxylic acids is 1. The third kappa shape index (κ3) is 4.05. The highest BCUT2D eigenvalue weighted by atomic mass is 35.5. The fourth-order valence-corrected chi connectivity index (χ4v) is 4.20. The number of aromatic nitrogens is 4. The molecule has 0 spiro atoms. The minimum atomic E-state index is -0.573. The second-order valence-corrected chi connectivity index (χ2v) is 8.38. The number of carbonyl (C=O) groups is 1. The van der Waals surface area contributed by atoms with E-state index in [1.165, 1.54) is 24.4 Å². The fraction of sp³-hybridized carbons (Fsp3) is 0.167. The van der Waals surface area contributed by atoms with Crippen molar-refractivity contribution in [3.8, 4) is 16.9 Å². The molecule has 0 saturated heterocycles. The summed E-state index contributed by atoms with van der Waals surface area (Å²) in [5, 5.41) is 12.0. The third-order valence-corrected chi connectivity index (χ3v) is 5.97. The van der Waals surface area contributed by atoms with Crippen LogP contribution in [0.4, 0.5) is 4.39 Å². The van der Waals surface area contributed by atoms with Crippen LogP contribution in [0.15, 0.2) is 65.7 Å². The lowest BCUT2D eigenvalue weighted by atomic mass is 10.1. The number of aryl methyl sites for hydroxylation is 2. The van der Waals surface area contributed by atoms with E-state index < -0.39 is 11.5 Å². The van der Waals surface area contributed by atoms with Gasteiger partial charge in [0.15, 0.2) is 0 Å². The summed E-state index contributed by atoms with van der Waals surface area (Å²) in [6, 6.07) is 12.6. The SMILES string of the molecule is Cn1cc(-n2nc(-c3ccc(Cl)cc3)cc(C(=O)NC3CCc4ccc(F)cc43)c2=O)cn1. The molecule has 2 aromatic heterocycles. The summed E-state index contributed by atoms with van der Waals surface area (Å²) in [5.41, 5.74) is 2.64. The molecule has 4 aromatic rings. The molecule has 0 fully saturated rings. The van der Waals surface area contributed by atoms with Crippen LogP contribution in [0.1, 0.15) is 33.9 Å². The Balaban J connectivity index is 1.57. The first-order valence-electron chi connectivity index (χ1n) is 10.4. The van der Waals surface area contributed by atoms with Crippen LogP contribution < -0.4 is 10.9 Å². The molecule has 0 bridgehead atoms. The number of fused-ring (bicyclic) bond motifs is 1. The molecule has 1 aliphatic carbocycles. The topological polar surface area (TPSA) is 81.8 Å². The largest absolute Gasteiger partial charge is 0.345 e. The normalized spacial score (nSPS) is 14.8. The zero-order chi connectivity index (χ0) is 23.1. The average Bonchev–Trinajstić information content (AvgIpc) is 3.40. The van der Waals surface area contributed by atoms with Crippen molar-refractivity contribution in [3.05, 3.63) is 98.8 Å². The molecule has 1 aliphatic rings. The van der Waals surface area contributed by atoms with Gasteiger partial charge in [-0.1, -0.05) is 29.8 Å². The zero-order valence-corrected chi connectivity index (χ0v) is 18.4. The molecule has 1 N–H and O–H groups in total. The van der Waals surface area contributed by atoms with E-state index in [4.69, 9.17) is 11.6 Å². The van der Waals surface area contributed by atoms with Crippen molar-refractivity contribution < 1.29 is 9.18 Å². The van der Waals surface area contributed by atoms with E-state index in [1.807, 2.05) is 0 Å². The molecular weight excluding hydrogens is 445 g/mol. The van der Waals surface area contributed by atoms with Crippen molar-refractivity contribution in [3.63, 3.8) is 0 Å². The number of amides is 1. The van der Waals surface area contributed by atoms with Gasteiger partial charge in [-0.25, -0.2) is 4.39 Å².